The average molecular weight is 226 g/mol. The lowest BCUT2D eigenvalue weighted by atomic mass is 10.2. The zero-order valence-electron chi connectivity index (χ0n) is 8.13. The van der Waals surface area contributed by atoms with Gasteiger partial charge in [-0.25, -0.2) is 0 Å². The van der Waals surface area contributed by atoms with E-state index in [9.17, 15) is 0 Å². The lowest BCUT2D eigenvalue weighted by molar-refractivity contribution is 0.294. The molecule has 1 aliphatic rings. The van der Waals surface area contributed by atoms with Crippen molar-refractivity contribution in [1.29, 1.82) is 0 Å². The van der Waals surface area contributed by atoms with Gasteiger partial charge in [0.25, 0.3) is 0 Å². The first kappa shape index (κ1) is 10.2. The van der Waals surface area contributed by atoms with Gasteiger partial charge in [0.2, 0.25) is 9.04 Å². The van der Waals surface area contributed by atoms with Crippen LogP contribution >= 0.6 is 11.6 Å². The fraction of sp³-hybridized carbons (Fsp3) is 0.455. The second-order valence-corrected chi connectivity index (χ2v) is 5.96. The molecule has 1 heterocycles. The number of alkyl halides is 1. The Bertz CT molecular complexity index is 297. The molecule has 1 radical (unpaired) electrons. The quantitative estimate of drug-likeness (QED) is 0.555. The van der Waals surface area contributed by atoms with Gasteiger partial charge < -0.3 is 4.43 Å². The zero-order valence-corrected chi connectivity index (χ0v) is 9.89. The minimum absolute atomic E-state index is 0.605. The number of halogens is 1. The van der Waals surface area contributed by atoms with Gasteiger partial charge in [0, 0.05) is 12.5 Å². The van der Waals surface area contributed by atoms with Crippen LogP contribution in [0.2, 0.25) is 6.04 Å². The van der Waals surface area contributed by atoms with Crippen LogP contribution in [0.3, 0.4) is 0 Å². The summed E-state index contributed by atoms with van der Waals surface area (Å²) in [6.45, 7) is 0.935. The van der Waals surface area contributed by atoms with Crippen LogP contribution < -0.4 is 5.19 Å². The summed E-state index contributed by atoms with van der Waals surface area (Å²) in [5.74, 6) is 0.605. The van der Waals surface area contributed by atoms with E-state index >= 15 is 0 Å². The molecule has 0 amide bonds. The molecule has 0 unspecified atom stereocenters. The predicted octanol–water partition coefficient (Wildman–Crippen LogP) is 2.43. The SMILES string of the molecule is ClCc1ccccc1[Si]1CCCCO1. The van der Waals surface area contributed by atoms with Crippen LogP contribution in [-0.2, 0) is 10.3 Å². The van der Waals surface area contributed by atoms with Crippen LogP contribution in [0.1, 0.15) is 18.4 Å². The van der Waals surface area contributed by atoms with Crippen molar-refractivity contribution < 1.29 is 4.43 Å². The normalized spacial score (nSPS) is 18.4. The van der Waals surface area contributed by atoms with E-state index < -0.39 is 9.04 Å². The van der Waals surface area contributed by atoms with E-state index in [1.807, 2.05) is 6.07 Å². The third kappa shape index (κ3) is 2.19. The molecule has 0 saturated carbocycles. The number of hydrogen-bond acceptors (Lipinski definition) is 1. The van der Waals surface area contributed by atoms with E-state index in [0.29, 0.717) is 5.88 Å². The number of rotatable bonds is 2. The lowest BCUT2D eigenvalue weighted by Crippen LogP contribution is -2.38. The van der Waals surface area contributed by atoms with Crippen molar-refractivity contribution in [1.82, 2.24) is 0 Å². The van der Waals surface area contributed by atoms with Crippen LogP contribution in [0, 0.1) is 0 Å². The van der Waals surface area contributed by atoms with Crippen molar-refractivity contribution in [3.05, 3.63) is 29.8 Å². The number of benzene rings is 1. The van der Waals surface area contributed by atoms with E-state index in [4.69, 9.17) is 16.0 Å². The molecular formula is C11H14ClOSi. The van der Waals surface area contributed by atoms with Gasteiger partial charge in [0.1, 0.15) is 0 Å². The molecule has 0 N–H and O–H groups in total. The minimum Gasteiger partial charge on any atom is -0.412 e. The van der Waals surface area contributed by atoms with Crippen LogP contribution in [0.25, 0.3) is 0 Å². The summed E-state index contributed by atoms with van der Waals surface area (Å²) in [5, 5.41) is 1.38. The van der Waals surface area contributed by atoms with E-state index in [2.05, 4.69) is 18.2 Å². The van der Waals surface area contributed by atoms with E-state index in [0.717, 1.165) is 6.61 Å². The summed E-state index contributed by atoms with van der Waals surface area (Å²) >= 11 is 5.91. The zero-order chi connectivity index (χ0) is 9.80. The highest BCUT2D eigenvalue weighted by Crippen LogP contribution is 2.13. The van der Waals surface area contributed by atoms with Crippen molar-refractivity contribution in [3.8, 4) is 0 Å². The van der Waals surface area contributed by atoms with Crippen LogP contribution in [0.4, 0.5) is 0 Å². The minimum atomic E-state index is -0.752. The largest absolute Gasteiger partial charge is 0.412 e. The third-order valence-electron chi connectivity index (χ3n) is 2.54. The van der Waals surface area contributed by atoms with Crippen LogP contribution in [0.15, 0.2) is 24.3 Å². The van der Waals surface area contributed by atoms with Crippen molar-refractivity contribution in [2.24, 2.45) is 0 Å². The average Bonchev–Trinajstić information content (AvgIpc) is 2.30. The smallest absolute Gasteiger partial charge is 0.247 e. The molecule has 0 aromatic heterocycles. The Morgan fingerprint density at radius 2 is 2.14 bits per heavy atom. The molecule has 14 heavy (non-hydrogen) atoms. The maximum atomic E-state index is 5.91. The number of hydrogen-bond donors (Lipinski definition) is 0. The van der Waals surface area contributed by atoms with E-state index in [1.165, 1.54) is 29.6 Å². The molecule has 1 nitrogen and oxygen atoms in total. The molecule has 1 aromatic rings. The Balaban J connectivity index is 2.20. The van der Waals surface area contributed by atoms with Gasteiger partial charge in [-0.1, -0.05) is 30.7 Å². The molecule has 0 bridgehead atoms. The molecule has 1 aliphatic heterocycles. The van der Waals surface area contributed by atoms with E-state index in [-0.39, 0.29) is 0 Å². The Labute approximate surface area is 91.8 Å². The highest BCUT2D eigenvalue weighted by molar-refractivity contribution is 6.68. The Morgan fingerprint density at radius 3 is 2.86 bits per heavy atom. The lowest BCUT2D eigenvalue weighted by Gasteiger charge is -2.22. The van der Waals surface area contributed by atoms with E-state index in [1.54, 1.807) is 0 Å². The van der Waals surface area contributed by atoms with Gasteiger partial charge in [0.15, 0.2) is 0 Å². The van der Waals surface area contributed by atoms with Crippen LogP contribution in [-0.4, -0.2) is 15.6 Å². The first-order chi connectivity index (χ1) is 6.92. The summed E-state index contributed by atoms with van der Waals surface area (Å²) in [7, 11) is -0.752. The van der Waals surface area contributed by atoms with Crippen LogP contribution in [0.5, 0.6) is 0 Å². The molecule has 3 heteroatoms. The summed E-state index contributed by atoms with van der Waals surface area (Å²) in [4.78, 5) is 0. The molecular weight excluding hydrogens is 212 g/mol. The fourth-order valence-electron chi connectivity index (χ4n) is 1.78. The summed E-state index contributed by atoms with van der Waals surface area (Å²) in [5.41, 5.74) is 1.25. The van der Waals surface area contributed by atoms with Crippen molar-refractivity contribution in [3.63, 3.8) is 0 Å². The Morgan fingerprint density at radius 1 is 1.29 bits per heavy atom. The highest BCUT2D eigenvalue weighted by atomic mass is 35.5. The second-order valence-electron chi connectivity index (χ2n) is 3.52. The molecule has 1 saturated heterocycles. The van der Waals surface area contributed by atoms with Gasteiger partial charge >= 0.3 is 0 Å². The molecule has 1 fully saturated rings. The molecule has 1 aromatic carbocycles. The molecule has 0 aliphatic carbocycles. The highest BCUT2D eigenvalue weighted by Gasteiger charge is 2.21. The first-order valence-electron chi connectivity index (χ1n) is 5.04. The van der Waals surface area contributed by atoms with Gasteiger partial charge in [0.05, 0.1) is 0 Å². The molecule has 0 spiro atoms. The Kier molecular flexibility index (Phi) is 3.62. The van der Waals surface area contributed by atoms with Gasteiger partial charge in [-0.3, -0.25) is 0 Å². The summed E-state index contributed by atoms with van der Waals surface area (Å²) < 4.78 is 5.85. The fourth-order valence-corrected chi connectivity index (χ4v) is 4.46. The maximum Gasteiger partial charge on any atom is 0.247 e. The Hall–Kier alpha value is -0.313. The van der Waals surface area contributed by atoms with Crippen molar-refractivity contribution in [2.45, 2.75) is 24.8 Å². The monoisotopic (exact) mass is 225 g/mol. The van der Waals surface area contributed by atoms with Crippen molar-refractivity contribution in [2.75, 3.05) is 6.61 Å². The molecule has 0 atom stereocenters. The first-order valence-corrected chi connectivity index (χ1v) is 7.19. The molecule has 2 rings (SSSR count). The topological polar surface area (TPSA) is 9.23 Å². The standard InChI is InChI=1S/C11H14ClOSi/c12-9-10-5-1-2-6-11(10)14-8-4-3-7-13-14/h1-2,5-6H,3-4,7-9H2. The second kappa shape index (κ2) is 4.96. The predicted molar refractivity (Wildman–Crippen MR) is 61.4 cm³/mol. The summed E-state index contributed by atoms with van der Waals surface area (Å²) in [6.07, 6.45) is 2.53. The summed E-state index contributed by atoms with van der Waals surface area (Å²) in [6, 6.07) is 9.65. The maximum absolute atomic E-state index is 5.91. The van der Waals surface area contributed by atoms with Gasteiger partial charge in [-0.2, -0.15) is 0 Å². The molecule has 75 valence electrons. The van der Waals surface area contributed by atoms with Gasteiger partial charge in [-0.15, -0.1) is 11.6 Å². The van der Waals surface area contributed by atoms with Gasteiger partial charge in [-0.05, 0) is 23.2 Å². The van der Waals surface area contributed by atoms with Crippen molar-refractivity contribution >= 4 is 25.8 Å². The third-order valence-corrected chi connectivity index (χ3v) is 5.27.